The first kappa shape index (κ1) is 50.7. The van der Waals surface area contributed by atoms with E-state index in [2.05, 4.69) is 196 Å². The molecule has 0 saturated heterocycles. The van der Waals surface area contributed by atoms with Gasteiger partial charge in [0.15, 0.2) is 23.2 Å². The third kappa shape index (κ3) is 8.90. The fourth-order valence-corrected chi connectivity index (χ4v) is 12.2. The van der Waals surface area contributed by atoms with Gasteiger partial charge in [-0.15, -0.1) is 0 Å². The highest BCUT2D eigenvalue weighted by Gasteiger charge is 2.24. The summed E-state index contributed by atoms with van der Waals surface area (Å²) >= 11 is 0. The molecule has 0 atom stereocenters. The van der Waals surface area contributed by atoms with Crippen LogP contribution in [-0.2, 0) is 0 Å². The first-order valence-electron chi connectivity index (χ1n) is 28.3. The number of rotatable bonds is 10. The highest BCUT2D eigenvalue weighted by atomic mass is 15.1. The molecule has 398 valence electrons. The zero-order chi connectivity index (χ0) is 57.7. The lowest BCUT2D eigenvalue weighted by Crippen LogP contribution is -2.06. The predicted molar refractivity (Wildman–Crippen MR) is 348 cm³/mol. The fraction of sp³-hybridized carbons (Fsp3) is 0. The minimum atomic E-state index is 0.443. The van der Waals surface area contributed by atoms with E-state index in [1.165, 1.54) is 0 Å². The smallest absolute Gasteiger partial charge is 0.194 e. The second-order valence-electron chi connectivity index (χ2n) is 21.3. The van der Waals surface area contributed by atoms with Gasteiger partial charge in [0.05, 0.1) is 63.3 Å². The first-order chi connectivity index (χ1) is 42.5. The molecule has 0 saturated carbocycles. The Morgan fingerprint density at radius 2 is 0.674 bits per heavy atom. The van der Waals surface area contributed by atoms with Crippen LogP contribution in [0.15, 0.2) is 279 Å². The average molecular weight is 1100 g/mol. The summed E-state index contributed by atoms with van der Waals surface area (Å²) in [7, 11) is 0. The third-order valence-corrected chi connectivity index (χ3v) is 16.3. The topological polar surface area (TPSA) is 100 Å². The molecule has 0 N–H and O–H groups in total. The highest BCUT2D eigenvalue weighted by molar-refractivity contribution is 6.12. The van der Waals surface area contributed by atoms with E-state index in [1.54, 1.807) is 0 Å². The molecule has 0 aliphatic rings. The van der Waals surface area contributed by atoms with Gasteiger partial charge in [-0.05, 0) is 141 Å². The Morgan fingerprint density at radius 1 is 0.291 bits per heavy atom. The van der Waals surface area contributed by atoms with E-state index in [1.807, 2.05) is 109 Å². The van der Waals surface area contributed by atoms with Gasteiger partial charge in [-0.1, -0.05) is 194 Å². The normalized spacial score (nSPS) is 11.2. The largest absolute Gasteiger partial charge is 0.308 e. The monoisotopic (exact) mass is 1090 g/mol. The number of para-hydroxylation sites is 3. The maximum atomic E-state index is 10.1. The summed E-state index contributed by atoms with van der Waals surface area (Å²) in [6, 6.07) is 99.9. The molecule has 15 aromatic rings. The first-order valence-corrected chi connectivity index (χ1v) is 28.3. The molecule has 0 aliphatic heterocycles. The lowest BCUT2D eigenvalue weighted by molar-refractivity contribution is 1.06. The molecule has 0 amide bonds. The molecular formula is C78H46N8. The van der Waals surface area contributed by atoms with Gasteiger partial charge >= 0.3 is 0 Å². The summed E-state index contributed by atoms with van der Waals surface area (Å²) in [5.74, 6) is 1.34. The van der Waals surface area contributed by atoms with Gasteiger partial charge in [0.1, 0.15) is 0 Å². The molecule has 15 rings (SSSR count). The van der Waals surface area contributed by atoms with Gasteiger partial charge in [-0.25, -0.2) is 19.8 Å². The van der Waals surface area contributed by atoms with Crippen molar-refractivity contribution >= 4 is 49.3 Å². The maximum Gasteiger partial charge on any atom is 0.194 e. The Balaban J connectivity index is 1.01. The molecule has 0 spiro atoms. The van der Waals surface area contributed by atoms with E-state index in [0.29, 0.717) is 34.3 Å². The molecule has 0 fully saturated rings. The zero-order valence-electron chi connectivity index (χ0n) is 46.1. The number of hydrogen-bond donors (Lipinski definition) is 0. The average Bonchev–Trinajstić information content (AvgIpc) is 1.75. The van der Waals surface area contributed by atoms with Crippen LogP contribution in [0.5, 0.6) is 0 Å². The number of fused-ring (bicyclic) bond motifs is 6. The van der Waals surface area contributed by atoms with Gasteiger partial charge in [0, 0.05) is 38.2 Å². The van der Waals surface area contributed by atoms with Crippen molar-refractivity contribution in [3.05, 3.63) is 302 Å². The van der Waals surface area contributed by atoms with Gasteiger partial charge in [-0.3, -0.25) is 0 Å². The third-order valence-electron chi connectivity index (χ3n) is 16.3. The quantitative estimate of drug-likeness (QED) is 0.127. The van der Waals surface area contributed by atoms with Crippen molar-refractivity contribution in [3.63, 3.8) is 0 Å². The van der Waals surface area contributed by atoms with E-state index < -0.39 is 0 Å². The van der Waals surface area contributed by atoms with Crippen LogP contribution >= 0.6 is 0 Å². The van der Waals surface area contributed by atoms with E-state index in [4.69, 9.17) is 21.5 Å². The van der Waals surface area contributed by atoms with Gasteiger partial charge in [0.25, 0.3) is 0 Å². The summed E-state index contributed by atoms with van der Waals surface area (Å²) in [5.41, 5.74) is 19.5. The predicted octanol–water partition coefficient (Wildman–Crippen LogP) is 19.7. The molecule has 0 aliphatic carbocycles. The molecule has 12 aromatic carbocycles. The SMILES string of the molecule is [C-]#[N+]c1ccccc1-c1ccc(-c2nc(-c3ccc(-c4cccc(C#N)c4)cc3-n3c4ccccc4c4cc(-c5ccccc5)ccc43)nc(-c3ccc(-c4cccc(C#N)c4)cc3-n3c4ccccc4c4cc(-c5ccccc5)ccc43)n2)cc1. The number of nitrogens with zero attached hydrogens (tertiary/aromatic N) is 8. The van der Waals surface area contributed by atoms with Crippen molar-refractivity contribution < 1.29 is 0 Å². The molecule has 0 radical (unpaired) electrons. The van der Waals surface area contributed by atoms with Crippen LogP contribution in [0.3, 0.4) is 0 Å². The van der Waals surface area contributed by atoms with Crippen LogP contribution in [0.25, 0.3) is 150 Å². The summed E-state index contributed by atoms with van der Waals surface area (Å²) in [4.78, 5) is 20.5. The van der Waals surface area contributed by atoms with E-state index in [0.717, 1.165) is 127 Å². The number of benzene rings is 12. The van der Waals surface area contributed by atoms with Crippen LogP contribution in [-0.4, -0.2) is 24.1 Å². The van der Waals surface area contributed by atoms with Crippen molar-refractivity contribution in [2.24, 2.45) is 0 Å². The van der Waals surface area contributed by atoms with E-state index in [9.17, 15) is 10.5 Å². The Labute approximate surface area is 496 Å². The Bertz CT molecular complexity index is 5050. The van der Waals surface area contributed by atoms with Gasteiger partial charge in [-0.2, -0.15) is 10.5 Å². The summed E-state index contributed by atoms with van der Waals surface area (Å²) < 4.78 is 4.63. The Morgan fingerprint density at radius 3 is 1.17 bits per heavy atom. The molecule has 8 heteroatoms. The zero-order valence-corrected chi connectivity index (χ0v) is 46.1. The van der Waals surface area contributed by atoms with E-state index in [-0.39, 0.29) is 0 Å². The molecular weight excluding hydrogens is 1050 g/mol. The van der Waals surface area contributed by atoms with Crippen LogP contribution in [0.4, 0.5) is 5.69 Å². The summed E-state index contributed by atoms with van der Waals surface area (Å²) in [6.45, 7) is 7.96. The van der Waals surface area contributed by atoms with Crippen LogP contribution in [0.2, 0.25) is 0 Å². The number of hydrogen-bond acceptors (Lipinski definition) is 5. The van der Waals surface area contributed by atoms with Crippen molar-refractivity contribution in [3.8, 4) is 113 Å². The van der Waals surface area contributed by atoms with Gasteiger partial charge < -0.3 is 9.13 Å². The Hall–Kier alpha value is -12.3. The highest BCUT2D eigenvalue weighted by Crippen LogP contribution is 2.43. The van der Waals surface area contributed by atoms with Gasteiger partial charge in [0.2, 0.25) is 0 Å². The van der Waals surface area contributed by atoms with Crippen molar-refractivity contribution in [1.82, 2.24) is 24.1 Å². The lowest BCUT2D eigenvalue weighted by Gasteiger charge is -2.18. The summed E-state index contributed by atoms with van der Waals surface area (Å²) in [5, 5.41) is 24.6. The number of aromatic nitrogens is 5. The van der Waals surface area contributed by atoms with Crippen LogP contribution < -0.4 is 0 Å². The van der Waals surface area contributed by atoms with Crippen molar-refractivity contribution in [2.75, 3.05) is 0 Å². The molecule has 3 heterocycles. The summed E-state index contributed by atoms with van der Waals surface area (Å²) in [6.07, 6.45) is 0. The minimum absolute atomic E-state index is 0.443. The molecule has 3 aromatic heterocycles. The second kappa shape index (κ2) is 21.2. The minimum Gasteiger partial charge on any atom is -0.308 e. The van der Waals surface area contributed by atoms with E-state index >= 15 is 0 Å². The molecule has 0 bridgehead atoms. The fourth-order valence-electron chi connectivity index (χ4n) is 12.2. The molecule has 86 heavy (non-hydrogen) atoms. The maximum absolute atomic E-state index is 10.1. The standard InChI is InChI=1S/C78H46N8/c1-81-69-27-11-8-24-62(69)54-30-32-55(33-31-54)76-82-77(65-38-34-60(56-22-14-16-50(42-56)48-79)46-74(65)85-70-28-12-9-25-63(70)67-44-58(36-40-72(67)85)52-18-4-2-5-19-52)84-78(83-76)66-39-35-61(57-23-15-17-51(43-57)49-80)47-75(66)86-71-29-13-10-26-64(71)68-45-59(37-41-73(68)86)53-20-6-3-7-21-53/h2-47H. The second-order valence-corrected chi connectivity index (χ2v) is 21.3. The van der Waals surface area contributed by atoms with Crippen molar-refractivity contribution in [1.29, 1.82) is 10.5 Å². The van der Waals surface area contributed by atoms with Crippen LogP contribution in [0, 0.1) is 29.2 Å². The Kier molecular flexibility index (Phi) is 12.5. The lowest BCUT2D eigenvalue weighted by atomic mass is 9.99. The van der Waals surface area contributed by atoms with Crippen molar-refractivity contribution in [2.45, 2.75) is 0 Å². The molecule has 8 nitrogen and oxygen atoms in total. The number of nitriles is 2. The molecule has 0 unspecified atom stereocenters. The van der Waals surface area contributed by atoms with Crippen LogP contribution in [0.1, 0.15) is 11.1 Å².